The Morgan fingerprint density at radius 2 is 1.81 bits per heavy atom. The molecule has 0 saturated carbocycles. The zero-order chi connectivity index (χ0) is 18.7. The smallest absolute Gasteiger partial charge is 0.168 e. The lowest BCUT2D eigenvalue weighted by atomic mass is 9.85. The average Bonchev–Trinajstić information content (AvgIpc) is 3.13. The predicted molar refractivity (Wildman–Crippen MR) is 105 cm³/mol. The molecule has 5 heteroatoms. The van der Waals surface area contributed by atoms with E-state index < -0.39 is 0 Å². The Balaban J connectivity index is 1.94. The van der Waals surface area contributed by atoms with Crippen molar-refractivity contribution in [1.82, 2.24) is 4.90 Å². The molecule has 0 aromatic heterocycles. The third kappa shape index (κ3) is 2.28. The number of hydrogen-bond donors (Lipinski definition) is 2. The number of aromatic hydroxyl groups is 2. The second-order valence-electron chi connectivity index (χ2n) is 7.54. The van der Waals surface area contributed by atoms with Gasteiger partial charge in [-0.25, -0.2) is 0 Å². The summed E-state index contributed by atoms with van der Waals surface area (Å²) in [6.07, 6.45) is 3.47. The summed E-state index contributed by atoms with van der Waals surface area (Å²) >= 11 is 0. The third-order valence-corrected chi connectivity index (χ3v) is 6.24. The molecule has 27 heavy (non-hydrogen) atoms. The fraction of sp³-hybridized carbons (Fsp3) is 0.364. The molecule has 3 aromatic carbocycles. The number of fused-ring (bicyclic) bond motifs is 7. The van der Waals surface area contributed by atoms with E-state index in [-0.39, 0.29) is 11.5 Å². The largest absolute Gasteiger partial charge is 0.504 e. The van der Waals surface area contributed by atoms with Gasteiger partial charge >= 0.3 is 0 Å². The van der Waals surface area contributed by atoms with Crippen molar-refractivity contribution < 1.29 is 19.7 Å². The van der Waals surface area contributed by atoms with Crippen molar-refractivity contribution in [1.29, 1.82) is 0 Å². The molecular weight excluding hydrogens is 342 g/mol. The lowest BCUT2D eigenvalue weighted by molar-refractivity contribution is 0.229. The van der Waals surface area contributed by atoms with Gasteiger partial charge in [-0.3, -0.25) is 4.90 Å². The Kier molecular flexibility index (Phi) is 3.62. The first-order valence-corrected chi connectivity index (χ1v) is 9.40. The summed E-state index contributed by atoms with van der Waals surface area (Å²) in [6, 6.07) is 7.92. The van der Waals surface area contributed by atoms with E-state index in [9.17, 15) is 10.2 Å². The summed E-state index contributed by atoms with van der Waals surface area (Å²) in [5.41, 5.74) is 2.62. The molecule has 5 rings (SSSR count). The Bertz CT molecular complexity index is 1060. The average molecular weight is 365 g/mol. The highest BCUT2D eigenvalue weighted by atomic mass is 16.5. The van der Waals surface area contributed by atoms with Gasteiger partial charge in [0.05, 0.1) is 14.2 Å². The molecule has 2 aliphatic heterocycles. The van der Waals surface area contributed by atoms with Crippen LogP contribution in [0, 0.1) is 0 Å². The van der Waals surface area contributed by atoms with Gasteiger partial charge in [-0.15, -0.1) is 0 Å². The van der Waals surface area contributed by atoms with Crippen LogP contribution in [-0.2, 0) is 13.0 Å². The number of hydrogen-bond acceptors (Lipinski definition) is 5. The molecule has 5 nitrogen and oxygen atoms in total. The molecule has 2 heterocycles. The van der Waals surface area contributed by atoms with Crippen molar-refractivity contribution in [3.8, 4) is 23.0 Å². The van der Waals surface area contributed by atoms with Gasteiger partial charge in [0.2, 0.25) is 0 Å². The first-order chi connectivity index (χ1) is 13.1. The molecule has 1 atom stereocenters. The van der Waals surface area contributed by atoms with Gasteiger partial charge in [0, 0.05) is 18.0 Å². The van der Waals surface area contributed by atoms with Crippen LogP contribution in [0.1, 0.15) is 24.0 Å². The van der Waals surface area contributed by atoms with Gasteiger partial charge in [-0.1, -0.05) is 6.07 Å². The van der Waals surface area contributed by atoms with Crippen LogP contribution >= 0.6 is 0 Å². The van der Waals surface area contributed by atoms with Crippen molar-refractivity contribution in [2.75, 3.05) is 20.8 Å². The molecule has 0 spiro atoms. The lowest BCUT2D eigenvalue weighted by Crippen LogP contribution is -2.35. The summed E-state index contributed by atoms with van der Waals surface area (Å²) in [7, 11) is 3.14. The second kappa shape index (κ2) is 5.92. The molecule has 0 radical (unpaired) electrons. The molecule has 0 amide bonds. The highest BCUT2D eigenvalue weighted by Crippen LogP contribution is 2.47. The van der Waals surface area contributed by atoms with Crippen LogP contribution in [0.2, 0.25) is 0 Å². The summed E-state index contributed by atoms with van der Waals surface area (Å²) in [4.78, 5) is 2.56. The molecule has 0 bridgehead atoms. The van der Waals surface area contributed by atoms with Gasteiger partial charge < -0.3 is 19.7 Å². The fourth-order valence-electron chi connectivity index (χ4n) is 5.00. The molecule has 1 saturated heterocycles. The number of phenols is 2. The number of benzene rings is 3. The molecule has 3 aromatic rings. The summed E-state index contributed by atoms with van der Waals surface area (Å²) in [5, 5.41) is 24.7. The van der Waals surface area contributed by atoms with Crippen LogP contribution in [0.5, 0.6) is 23.0 Å². The van der Waals surface area contributed by atoms with E-state index in [0.29, 0.717) is 17.5 Å². The Hall–Kier alpha value is -2.66. The van der Waals surface area contributed by atoms with Crippen molar-refractivity contribution in [2.45, 2.75) is 31.8 Å². The predicted octanol–water partition coefficient (Wildman–Crippen LogP) is 3.94. The Morgan fingerprint density at radius 3 is 2.59 bits per heavy atom. The van der Waals surface area contributed by atoms with Crippen LogP contribution in [0.4, 0.5) is 0 Å². The molecule has 0 unspecified atom stereocenters. The number of methoxy groups -OCH3 is 2. The first-order valence-electron chi connectivity index (χ1n) is 9.40. The van der Waals surface area contributed by atoms with Crippen LogP contribution in [-0.4, -0.2) is 41.9 Å². The minimum absolute atomic E-state index is 0.0925. The van der Waals surface area contributed by atoms with Gasteiger partial charge in [-0.05, 0) is 71.3 Å². The van der Waals surface area contributed by atoms with Crippen LogP contribution < -0.4 is 9.47 Å². The molecular formula is C22H23NO4. The quantitative estimate of drug-likeness (QED) is 0.674. The van der Waals surface area contributed by atoms with E-state index in [1.165, 1.54) is 24.0 Å². The van der Waals surface area contributed by atoms with E-state index in [4.69, 9.17) is 9.47 Å². The Morgan fingerprint density at radius 1 is 0.963 bits per heavy atom. The molecule has 140 valence electrons. The minimum atomic E-state index is 0.0925. The van der Waals surface area contributed by atoms with Gasteiger partial charge in [0.25, 0.3) is 0 Å². The van der Waals surface area contributed by atoms with Crippen LogP contribution in [0.3, 0.4) is 0 Å². The van der Waals surface area contributed by atoms with E-state index in [1.54, 1.807) is 26.4 Å². The number of ether oxygens (including phenoxy) is 2. The number of nitrogens with zero attached hydrogens (tertiary/aromatic N) is 1. The van der Waals surface area contributed by atoms with Crippen molar-refractivity contribution in [3.63, 3.8) is 0 Å². The van der Waals surface area contributed by atoms with E-state index in [0.717, 1.165) is 41.1 Å². The zero-order valence-electron chi connectivity index (χ0n) is 15.6. The summed E-state index contributed by atoms with van der Waals surface area (Å²) < 4.78 is 10.9. The highest BCUT2D eigenvalue weighted by molar-refractivity contribution is 6.15. The van der Waals surface area contributed by atoms with Crippen molar-refractivity contribution in [2.24, 2.45) is 0 Å². The van der Waals surface area contributed by atoms with E-state index >= 15 is 0 Å². The third-order valence-electron chi connectivity index (χ3n) is 6.24. The summed E-state index contributed by atoms with van der Waals surface area (Å²) in [6.45, 7) is 2.04. The maximum absolute atomic E-state index is 10.4. The van der Waals surface area contributed by atoms with Gasteiger partial charge in [-0.2, -0.15) is 0 Å². The zero-order valence-corrected chi connectivity index (χ0v) is 15.6. The molecule has 1 fully saturated rings. The maximum Gasteiger partial charge on any atom is 0.168 e. The van der Waals surface area contributed by atoms with E-state index in [1.807, 2.05) is 12.1 Å². The van der Waals surface area contributed by atoms with Crippen LogP contribution in [0.25, 0.3) is 21.5 Å². The van der Waals surface area contributed by atoms with Crippen molar-refractivity contribution in [3.05, 3.63) is 35.4 Å². The highest BCUT2D eigenvalue weighted by Gasteiger charge is 2.33. The van der Waals surface area contributed by atoms with Gasteiger partial charge in [0.15, 0.2) is 23.0 Å². The van der Waals surface area contributed by atoms with Crippen LogP contribution in [0.15, 0.2) is 24.3 Å². The number of rotatable bonds is 2. The number of phenolic OH excluding ortho intramolecular Hbond substituents is 2. The van der Waals surface area contributed by atoms with E-state index in [2.05, 4.69) is 4.90 Å². The molecule has 0 aliphatic carbocycles. The molecule has 2 N–H and O–H groups in total. The fourth-order valence-corrected chi connectivity index (χ4v) is 5.00. The lowest BCUT2D eigenvalue weighted by Gasteiger charge is -2.33. The normalized spacial score (nSPS) is 19.3. The second-order valence-corrected chi connectivity index (χ2v) is 7.54. The monoisotopic (exact) mass is 365 g/mol. The standard InChI is InChI=1S/C22H23NO4/c1-26-20-10-15-14-8-12-4-3-7-23(12)11-17(14)13-5-6-18(24)22(27-2)21(13)16(15)9-19(20)25/h5-6,9-10,12,24-25H,3-4,7-8,11H2,1-2H3/t12-/m0/s1. The van der Waals surface area contributed by atoms with Crippen molar-refractivity contribution >= 4 is 21.5 Å². The SMILES string of the molecule is COc1cc2c3c(c4ccc(O)c(OC)c4c2cc1O)CN1CCC[C@H]1C3. The maximum atomic E-state index is 10.4. The minimum Gasteiger partial charge on any atom is -0.504 e. The topological polar surface area (TPSA) is 62.2 Å². The summed E-state index contributed by atoms with van der Waals surface area (Å²) in [5.74, 6) is 1.12. The first kappa shape index (κ1) is 16.5. The Labute approximate surface area is 157 Å². The van der Waals surface area contributed by atoms with Gasteiger partial charge in [0.1, 0.15) is 0 Å². The molecule has 2 aliphatic rings.